The SMILES string of the molecule is CC1CCCC(CNC(=O)NC(C)(C(=O)O)C(F)(F)F)C1. The van der Waals surface area contributed by atoms with Gasteiger partial charge in [-0.25, -0.2) is 9.59 Å². The maximum atomic E-state index is 12.7. The molecular formula is C13H21F3N2O3. The highest BCUT2D eigenvalue weighted by molar-refractivity contribution is 5.86. The van der Waals surface area contributed by atoms with Crippen LogP contribution in [0.2, 0.25) is 0 Å². The van der Waals surface area contributed by atoms with Crippen molar-refractivity contribution >= 4 is 12.0 Å². The molecule has 0 bridgehead atoms. The molecule has 3 atom stereocenters. The summed E-state index contributed by atoms with van der Waals surface area (Å²) in [5, 5.41) is 12.6. The number of aliphatic carboxylic acids is 1. The van der Waals surface area contributed by atoms with Crippen LogP contribution in [0.15, 0.2) is 0 Å². The smallest absolute Gasteiger partial charge is 0.422 e. The van der Waals surface area contributed by atoms with Crippen LogP contribution < -0.4 is 10.6 Å². The Hall–Kier alpha value is -1.47. The second kappa shape index (κ2) is 6.53. The van der Waals surface area contributed by atoms with Crippen molar-refractivity contribution < 1.29 is 27.9 Å². The van der Waals surface area contributed by atoms with Crippen LogP contribution in [0.4, 0.5) is 18.0 Å². The van der Waals surface area contributed by atoms with Gasteiger partial charge in [-0.2, -0.15) is 13.2 Å². The van der Waals surface area contributed by atoms with E-state index in [9.17, 15) is 22.8 Å². The highest BCUT2D eigenvalue weighted by atomic mass is 19.4. The zero-order valence-electron chi connectivity index (χ0n) is 12.1. The van der Waals surface area contributed by atoms with Gasteiger partial charge in [0.05, 0.1) is 0 Å². The van der Waals surface area contributed by atoms with E-state index in [0.717, 1.165) is 25.7 Å². The number of hydrogen-bond donors (Lipinski definition) is 3. The number of carboxylic acid groups (broad SMARTS) is 1. The Morgan fingerprint density at radius 2 is 1.90 bits per heavy atom. The summed E-state index contributed by atoms with van der Waals surface area (Å²) in [6, 6.07) is -1.12. The molecular weight excluding hydrogens is 289 g/mol. The predicted molar refractivity (Wildman–Crippen MR) is 69.8 cm³/mol. The van der Waals surface area contributed by atoms with E-state index in [1.54, 1.807) is 0 Å². The van der Waals surface area contributed by atoms with Crippen LogP contribution in [0.5, 0.6) is 0 Å². The van der Waals surface area contributed by atoms with Crippen LogP contribution in [0, 0.1) is 11.8 Å². The first-order chi connectivity index (χ1) is 9.56. The van der Waals surface area contributed by atoms with Crippen molar-refractivity contribution in [1.29, 1.82) is 0 Å². The van der Waals surface area contributed by atoms with Gasteiger partial charge in [0.15, 0.2) is 0 Å². The lowest BCUT2D eigenvalue weighted by Crippen LogP contribution is -2.63. The van der Waals surface area contributed by atoms with E-state index in [1.807, 2.05) is 0 Å². The first kappa shape index (κ1) is 17.6. The highest BCUT2D eigenvalue weighted by Crippen LogP contribution is 2.30. The van der Waals surface area contributed by atoms with Crippen LogP contribution in [0.1, 0.15) is 39.5 Å². The maximum absolute atomic E-state index is 12.7. The molecule has 1 fully saturated rings. The molecule has 0 aromatic carbocycles. The van der Waals surface area contributed by atoms with Crippen LogP contribution in [0.25, 0.3) is 0 Å². The number of rotatable bonds is 4. The normalized spacial score (nSPS) is 25.8. The molecule has 0 radical (unpaired) electrons. The summed E-state index contributed by atoms with van der Waals surface area (Å²) in [6.07, 6.45) is -1.09. The average molecular weight is 310 g/mol. The van der Waals surface area contributed by atoms with Crippen molar-refractivity contribution in [3.63, 3.8) is 0 Å². The molecule has 3 N–H and O–H groups in total. The van der Waals surface area contributed by atoms with Crippen molar-refractivity contribution in [2.75, 3.05) is 6.54 Å². The van der Waals surface area contributed by atoms with E-state index in [-0.39, 0.29) is 12.5 Å². The monoisotopic (exact) mass is 310 g/mol. The molecule has 0 heterocycles. The molecule has 3 unspecified atom stereocenters. The molecule has 1 aliphatic carbocycles. The standard InChI is InChI=1S/C13H21F3N2O3/c1-8-4-3-5-9(6-8)7-17-11(21)18-12(2,10(19)20)13(14,15)16/h8-9H,3-7H2,1-2H3,(H,19,20)(H2,17,18,21). The molecule has 0 aliphatic heterocycles. The number of carbonyl (C=O) groups excluding carboxylic acids is 1. The lowest BCUT2D eigenvalue weighted by molar-refractivity contribution is -0.203. The Balaban J connectivity index is 2.53. The number of amides is 2. The van der Waals surface area contributed by atoms with Gasteiger partial charge in [-0.15, -0.1) is 0 Å². The molecule has 122 valence electrons. The van der Waals surface area contributed by atoms with Gasteiger partial charge in [0.2, 0.25) is 5.54 Å². The van der Waals surface area contributed by atoms with Crippen molar-refractivity contribution in [2.24, 2.45) is 11.8 Å². The van der Waals surface area contributed by atoms with Gasteiger partial charge in [-0.1, -0.05) is 19.8 Å². The second-order valence-corrected chi connectivity index (χ2v) is 5.90. The van der Waals surface area contributed by atoms with Crippen LogP contribution in [0.3, 0.4) is 0 Å². The van der Waals surface area contributed by atoms with Gasteiger partial charge in [0.1, 0.15) is 0 Å². The predicted octanol–water partition coefficient (Wildman–Crippen LogP) is 2.52. The summed E-state index contributed by atoms with van der Waals surface area (Å²) < 4.78 is 38.2. The van der Waals surface area contributed by atoms with Crippen LogP contribution in [-0.2, 0) is 4.79 Å². The van der Waals surface area contributed by atoms with Crippen molar-refractivity contribution in [2.45, 2.75) is 51.2 Å². The third kappa shape index (κ3) is 4.50. The Kier molecular flexibility index (Phi) is 5.47. The Morgan fingerprint density at radius 1 is 1.29 bits per heavy atom. The quantitative estimate of drug-likeness (QED) is 0.746. The minimum atomic E-state index is -5.07. The van der Waals surface area contributed by atoms with Gasteiger partial charge in [-0.3, -0.25) is 0 Å². The zero-order chi connectivity index (χ0) is 16.3. The van der Waals surface area contributed by atoms with E-state index in [2.05, 4.69) is 12.2 Å². The zero-order valence-corrected chi connectivity index (χ0v) is 12.1. The molecule has 5 nitrogen and oxygen atoms in total. The van der Waals surface area contributed by atoms with E-state index in [1.165, 1.54) is 5.32 Å². The van der Waals surface area contributed by atoms with E-state index >= 15 is 0 Å². The molecule has 0 saturated heterocycles. The minimum absolute atomic E-state index is 0.224. The lowest BCUT2D eigenvalue weighted by atomic mass is 9.82. The topological polar surface area (TPSA) is 78.4 Å². The average Bonchev–Trinajstić information content (AvgIpc) is 2.34. The first-order valence-corrected chi connectivity index (χ1v) is 6.92. The lowest BCUT2D eigenvalue weighted by Gasteiger charge is -2.30. The van der Waals surface area contributed by atoms with Crippen LogP contribution in [-0.4, -0.2) is 35.4 Å². The van der Waals surface area contributed by atoms with E-state index in [0.29, 0.717) is 12.8 Å². The number of urea groups is 1. The van der Waals surface area contributed by atoms with Gasteiger partial charge in [0, 0.05) is 6.54 Å². The fourth-order valence-corrected chi connectivity index (χ4v) is 2.50. The minimum Gasteiger partial charge on any atom is -0.479 e. The third-order valence-corrected chi connectivity index (χ3v) is 3.95. The highest BCUT2D eigenvalue weighted by Gasteiger charge is 2.58. The number of halogens is 3. The van der Waals surface area contributed by atoms with Crippen molar-refractivity contribution in [3.8, 4) is 0 Å². The fraction of sp³-hybridized carbons (Fsp3) is 0.846. The molecule has 21 heavy (non-hydrogen) atoms. The largest absolute Gasteiger partial charge is 0.479 e. The second-order valence-electron chi connectivity index (χ2n) is 5.90. The fourth-order valence-electron chi connectivity index (χ4n) is 2.50. The summed E-state index contributed by atoms with van der Waals surface area (Å²) in [7, 11) is 0. The molecule has 1 aliphatic rings. The molecule has 1 saturated carbocycles. The Morgan fingerprint density at radius 3 is 2.38 bits per heavy atom. The van der Waals surface area contributed by atoms with Crippen molar-refractivity contribution in [1.82, 2.24) is 10.6 Å². The van der Waals surface area contributed by atoms with Gasteiger partial charge < -0.3 is 15.7 Å². The summed E-state index contributed by atoms with van der Waals surface area (Å²) in [6.45, 7) is 2.78. The Bertz CT molecular complexity index is 401. The Labute approximate surface area is 121 Å². The van der Waals surface area contributed by atoms with Gasteiger partial charge in [-0.05, 0) is 31.6 Å². The summed E-state index contributed by atoms with van der Waals surface area (Å²) in [5.41, 5.74) is -3.29. The van der Waals surface area contributed by atoms with Crippen LogP contribution >= 0.6 is 0 Å². The summed E-state index contributed by atoms with van der Waals surface area (Å²) in [5.74, 6) is -1.38. The van der Waals surface area contributed by atoms with Gasteiger partial charge >= 0.3 is 18.2 Å². The number of hydrogen-bond acceptors (Lipinski definition) is 2. The maximum Gasteiger partial charge on any atom is 0.422 e. The van der Waals surface area contributed by atoms with Gasteiger partial charge in [0.25, 0.3) is 0 Å². The molecule has 0 aromatic heterocycles. The molecule has 0 spiro atoms. The van der Waals surface area contributed by atoms with E-state index < -0.39 is 23.7 Å². The number of nitrogens with one attached hydrogen (secondary N) is 2. The number of alkyl halides is 3. The summed E-state index contributed by atoms with van der Waals surface area (Å²) in [4.78, 5) is 22.3. The third-order valence-electron chi connectivity index (χ3n) is 3.95. The molecule has 0 aromatic rings. The molecule has 1 rings (SSSR count). The van der Waals surface area contributed by atoms with Crippen molar-refractivity contribution in [3.05, 3.63) is 0 Å². The van der Waals surface area contributed by atoms with E-state index in [4.69, 9.17) is 5.11 Å². The number of carboxylic acids is 1. The first-order valence-electron chi connectivity index (χ1n) is 6.92. The molecule has 8 heteroatoms. The number of carbonyl (C=O) groups is 2. The molecule has 2 amide bonds. The summed E-state index contributed by atoms with van der Waals surface area (Å²) >= 11 is 0.